The Morgan fingerprint density at radius 2 is 1.97 bits per heavy atom. The maximum atomic E-state index is 12.7. The van der Waals surface area contributed by atoms with Gasteiger partial charge in [-0.15, -0.1) is 0 Å². The number of hydrogen-bond acceptors (Lipinski definition) is 6. The summed E-state index contributed by atoms with van der Waals surface area (Å²) in [6, 6.07) is 6.71. The molecule has 5 N–H and O–H groups in total. The lowest BCUT2D eigenvalue weighted by atomic mass is 10.0. The van der Waals surface area contributed by atoms with Gasteiger partial charge >= 0.3 is 6.18 Å². The number of anilines is 1. The van der Waals surface area contributed by atoms with Crippen LogP contribution in [0.5, 0.6) is 0 Å². The molecule has 1 aliphatic rings. The van der Waals surface area contributed by atoms with E-state index in [-0.39, 0.29) is 36.6 Å². The van der Waals surface area contributed by atoms with Crippen LogP contribution >= 0.6 is 0 Å². The predicted molar refractivity (Wildman–Crippen MR) is 104 cm³/mol. The van der Waals surface area contributed by atoms with E-state index in [9.17, 15) is 26.4 Å². The first kappa shape index (κ1) is 22.7. The largest absolute Gasteiger partial charge is 0.432 e. The number of para-hydroxylation sites is 1. The Labute approximate surface area is 167 Å². The second-order valence-corrected chi connectivity index (χ2v) is 9.22. The normalized spacial score (nSPS) is 19.1. The van der Waals surface area contributed by atoms with Crippen molar-refractivity contribution in [2.45, 2.75) is 25.6 Å². The highest BCUT2D eigenvalue weighted by Gasteiger charge is 2.34. The number of nitrogens with one attached hydrogen (secondary N) is 1. The van der Waals surface area contributed by atoms with Gasteiger partial charge in [0.1, 0.15) is 5.71 Å². The maximum absolute atomic E-state index is 12.7. The second kappa shape index (κ2) is 8.85. The Morgan fingerprint density at radius 3 is 2.52 bits per heavy atom. The molecule has 1 aliphatic heterocycles. The van der Waals surface area contributed by atoms with Crippen molar-refractivity contribution in [3.63, 3.8) is 0 Å². The van der Waals surface area contributed by atoms with E-state index >= 15 is 0 Å². The molecule has 1 saturated heterocycles. The summed E-state index contributed by atoms with van der Waals surface area (Å²) in [6.45, 7) is 0.0973. The molecule has 1 amide bonds. The van der Waals surface area contributed by atoms with Gasteiger partial charge in [-0.25, -0.2) is 8.42 Å². The molecule has 7 nitrogen and oxygen atoms in total. The zero-order chi connectivity index (χ0) is 21.8. The summed E-state index contributed by atoms with van der Waals surface area (Å²) in [5, 5.41) is 7.00. The summed E-state index contributed by atoms with van der Waals surface area (Å²) in [7, 11) is -3.09. The molecule has 1 unspecified atom stereocenters. The predicted octanol–water partition coefficient (Wildman–Crippen LogP) is 1.85. The number of nitrogens with two attached hydrogens (primary N) is 2. The summed E-state index contributed by atoms with van der Waals surface area (Å²) in [5.74, 6) is -0.903. The Balaban J connectivity index is 2.19. The fourth-order valence-corrected chi connectivity index (χ4v) is 4.97. The highest BCUT2D eigenvalue weighted by atomic mass is 32.2. The fourth-order valence-electron chi connectivity index (χ4n) is 3.06. The molecule has 2 rings (SSSR count). The molecule has 0 radical (unpaired) electrons. The number of hydrogen-bond donors (Lipinski definition) is 3. The van der Waals surface area contributed by atoms with Gasteiger partial charge in [0.25, 0.3) is 5.91 Å². The van der Waals surface area contributed by atoms with Gasteiger partial charge < -0.3 is 16.4 Å². The number of alkyl halides is 3. The molecule has 0 aromatic heterocycles. The zero-order valence-corrected chi connectivity index (χ0v) is 16.4. The fraction of sp³-hybridized carbons (Fsp3) is 0.444. The third kappa shape index (κ3) is 6.48. The molecule has 1 fully saturated rings. The molecule has 11 heteroatoms. The molecular formula is C18H23F3N4O3S. The minimum atomic E-state index is -4.92. The van der Waals surface area contributed by atoms with Crippen LogP contribution in [-0.4, -0.2) is 49.2 Å². The molecule has 0 bridgehead atoms. The molecule has 0 aliphatic carbocycles. The van der Waals surface area contributed by atoms with Gasteiger partial charge in [-0.05, 0) is 36.5 Å². The number of amides is 1. The number of benzene rings is 1. The van der Waals surface area contributed by atoms with E-state index in [1.54, 1.807) is 24.3 Å². The SMILES string of the molecule is N=C(/C=C(\N)C(=O)N(CCC1CCS(=O)(=O)C1)Cc1ccccc1N)C(F)(F)F. The minimum absolute atomic E-state index is 0.00112. The molecule has 1 aromatic carbocycles. The van der Waals surface area contributed by atoms with Crippen LogP contribution in [0.1, 0.15) is 18.4 Å². The van der Waals surface area contributed by atoms with Gasteiger partial charge in [-0.3, -0.25) is 10.2 Å². The lowest BCUT2D eigenvalue weighted by Gasteiger charge is -2.25. The number of carbonyl (C=O) groups excluding carboxylic acids is 1. The highest BCUT2D eigenvalue weighted by Crippen LogP contribution is 2.23. The molecule has 1 aromatic rings. The molecule has 1 heterocycles. The molecule has 160 valence electrons. The van der Waals surface area contributed by atoms with Crippen molar-refractivity contribution >= 4 is 27.1 Å². The number of allylic oxidation sites excluding steroid dienone is 1. The first-order chi connectivity index (χ1) is 13.4. The average Bonchev–Trinajstić information content (AvgIpc) is 2.97. The van der Waals surface area contributed by atoms with Crippen molar-refractivity contribution in [3.8, 4) is 0 Å². The first-order valence-electron chi connectivity index (χ1n) is 8.85. The first-order valence-corrected chi connectivity index (χ1v) is 10.7. The van der Waals surface area contributed by atoms with Crippen LogP contribution in [0, 0.1) is 11.3 Å². The van der Waals surface area contributed by atoms with E-state index < -0.39 is 33.3 Å². The zero-order valence-electron chi connectivity index (χ0n) is 15.6. The maximum Gasteiger partial charge on any atom is 0.432 e. The molecule has 0 saturated carbocycles. The van der Waals surface area contributed by atoms with Crippen LogP contribution in [0.15, 0.2) is 36.0 Å². The van der Waals surface area contributed by atoms with Crippen LogP contribution in [0.25, 0.3) is 0 Å². The monoisotopic (exact) mass is 432 g/mol. The summed E-state index contributed by atoms with van der Waals surface area (Å²) in [4.78, 5) is 13.9. The minimum Gasteiger partial charge on any atom is -0.398 e. The molecular weight excluding hydrogens is 409 g/mol. The third-order valence-corrected chi connectivity index (χ3v) is 6.53. The van der Waals surface area contributed by atoms with Crippen molar-refractivity contribution in [3.05, 3.63) is 41.6 Å². The summed E-state index contributed by atoms with van der Waals surface area (Å²) >= 11 is 0. The van der Waals surface area contributed by atoms with E-state index in [0.29, 0.717) is 24.1 Å². The summed E-state index contributed by atoms with van der Waals surface area (Å²) < 4.78 is 61.0. The average molecular weight is 432 g/mol. The topological polar surface area (TPSA) is 130 Å². The third-order valence-electron chi connectivity index (χ3n) is 4.69. The Morgan fingerprint density at radius 1 is 1.31 bits per heavy atom. The van der Waals surface area contributed by atoms with Crippen LogP contribution in [0.3, 0.4) is 0 Å². The van der Waals surface area contributed by atoms with Gasteiger partial charge in [0.2, 0.25) is 0 Å². The van der Waals surface area contributed by atoms with Crippen molar-refractivity contribution in [1.82, 2.24) is 4.90 Å². The van der Waals surface area contributed by atoms with E-state index in [1.165, 1.54) is 4.90 Å². The molecule has 0 spiro atoms. The smallest absolute Gasteiger partial charge is 0.398 e. The number of carbonyl (C=O) groups is 1. The van der Waals surface area contributed by atoms with E-state index in [2.05, 4.69) is 0 Å². The lowest BCUT2D eigenvalue weighted by molar-refractivity contribution is -0.128. The van der Waals surface area contributed by atoms with Gasteiger partial charge in [-0.2, -0.15) is 13.2 Å². The van der Waals surface area contributed by atoms with Crippen LogP contribution in [0.4, 0.5) is 18.9 Å². The molecule has 1 atom stereocenters. The number of sulfone groups is 1. The number of nitrogens with zero attached hydrogens (tertiary/aromatic N) is 1. The number of nitrogen functional groups attached to an aromatic ring is 1. The highest BCUT2D eigenvalue weighted by molar-refractivity contribution is 7.91. The van der Waals surface area contributed by atoms with Crippen LogP contribution in [-0.2, 0) is 21.2 Å². The van der Waals surface area contributed by atoms with E-state index in [1.807, 2.05) is 0 Å². The van der Waals surface area contributed by atoms with Crippen molar-refractivity contribution in [2.24, 2.45) is 11.7 Å². The van der Waals surface area contributed by atoms with E-state index in [4.69, 9.17) is 16.9 Å². The standard InChI is InChI=1S/C18H23F3N4O3S/c19-18(20,21)16(24)9-15(23)17(26)25(10-13-3-1-2-4-14(13)22)7-5-12-6-8-29(27,28)11-12/h1-4,9,12,24H,5-8,10-11,22-23H2/b15-9-,24-16?. The quantitative estimate of drug-likeness (QED) is 0.344. The van der Waals surface area contributed by atoms with Gasteiger partial charge in [0.05, 0.1) is 17.2 Å². The molecule has 29 heavy (non-hydrogen) atoms. The van der Waals surface area contributed by atoms with Crippen LogP contribution in [0.2, 0.25) is 0 Å². The summed E-state index contributed by atoms with van der Waals surface area (Å²) in [6.07, 6.45) is -3.80. The Bertz CT molecular complexity index is 913. The van der Waals surface area contributed by atoms with Crippen molar-refractivity contribution in [2.75, 3.05) is 23.8 Å². The van der Waals surface area contributed by atoms with E-state index in [0.717, 1.165) is 0 Å². The van der Waals surface area contributed by atoms with Crippen LogP contribution < -0.4 is 11.5 Å². The van der Waals surface area contributed by atoms with Gasteiger partial charge in [-0.1, -0.05) is 18.2 Å². The Hall–Kier alpha value is -2.56. The lowest BCUT2D eigenvalue weighted by Crippen LogP contribution is -2.37. The van der Waals surface area contributed by atoms with Gasteiger partial charge in [0.15, 0.2) is 9.84 Å². The Kier molecular flexibility index (Phi) is 6.93. The van der Waals surface area contributed by atoms with Crippen molar-refractivity contribution in [1.29, 1.82) is 5.41 Å². The number of halogens is 3. The number of rotatable bonds is 7. The second-order valence-electron chi connectivity index (χ2n) is 6.99. The van der Waals surface area contributed by atoms with Crippen molar-refractivity contribution < 1.29 is 26.4 Å². The summed E-state index contributed by atoms with van der Waals surface area (Å²) in [5.41, 5.74) is 9.96. The van der Waals surface area contributed by atoms with Gasteiger partial charge in [0, 0.05) is 18.8 Å².